The first-order valence-corrected chi connectivity index (χ1v) is 17.2. The summed E-state index contributed by atoms with van der Waals surface area (Å²) in [4.78, 5) is 29.6. The lowest BCUT2D eigenvalue weighted by Crippen LogP contribution is -2.54. The zero-order valence-corrected chi connectivity index (χ0v) is 27.6. The van der Waals surface area contributed by atoms with Crippen LogP contribution in [0.4, 0.5) is 5.69 Å². The van der Waals surface area contributed by atoms with E-state index >= 15 is 0 Å². The number of nitrogens with zero attached hydrogens (tertiary/aromatic N) is 2. The van der Waals surface area contributed by atoms with Gasteiger partial charge < -0.3 is 19.7 Å². The molecule has 9 nitrogen and oxygen atoms in total. The third-order valence-electron chi connectivity index (χ3n) is 7.94. The van der Waals surface area contributed by atoms with Crippen molar-refractivity contribution in [3.05, 3.63) is 83.4 Å². The van der Waals surface area contributed by atoms with Gasteiger partial charge in [-0.1, -0.05) is 62.1 Å². The molecule has 0 bridgehead atoms. The van der Waals surface area contributed by atoms with Crippen LogP contribution in [0, 0.1) is 0 Å². The molecule has 242 valence electrons. The number of rotatable bonds is 14. The summed E-state index contributed by atoms with van der Waals surface area (Å²) in [6.07, 6.45) is 5.37. The fraction of sp³-hybridized carbons (Fsp3) is 0.412. The van der Waals surface area contributed by atoms with Gasteiger partial charge in [-0.25, -0.2) is 8.42 Å². The van der Waals surface area contributed by atoms with E-state index in [1.54, 1.807) is 50.4 Å². The van der Waals surface area contributed by atoms with Crippen molar-refractivity contribution in [1.29, 1.82) is 0 Å². The molecule has 1 N–H and O–H groups in total. The molecule has 2 amide bonds. The van der Waals surface area contributed by atoms with Crippen LogP contribution in [0.3, 0.4) is 0 Å². The average molecular weight is 656 g/mol. The Hall–Kier alpha value is -3.76. The number of nitrogens with one attached hydrogen (secondary N) is 1. The lowest BCUT2D eigenvalue weighted by molar-refractivity contribution is -0.140. The molecule has 1 fully saturated rings. The van der Waals surface area contributed by atoms with Crippen molar-refractivity contribution < 1.29 is 27.5 Å². The quantitative estimate of drug-likeness (QED) is 0.222. The van der Waals surface area contributed by atoms with Gasteiger partial charge in [-0.3, -0.25) is 13.9 Å². The SMILES string of the molecule is CCOc1ccccc1N(CC(=O)N(Cc1cccc(OC)c1)[C@H](CC)C(=O)NC1CCCCC1)S(=O)(=O)c1ccc(Cl)cc1. The lowest BCUT2D eigenvalue weighted by atomic mass is 9.95. The van der Waals surface area contributed by atoms with E-state index in [2.05, 4.69) is 5.32 Å². The number of carbonyl (C=O) groups is 2. The van der Waals surface area contributed by atoms with Crippen LogP contribution >= 0.6 is 11.6 Å². The Morgan fingerprint density at radius 1 is 0.978 bits per heavy atom. The molecular formula is C34H42ClN3O6S. The highest BCUT2D eigenvalue weighted by atomic mass is 35.5. The molecule has 0 spiro atoms. The number of amides is 2. The third-order valence-corrected chi connectivity index (χ3v) is 9.96. The molecule has 11 heteroatoms. The molecule has 45 heavy (non-hydrogen) atoms. The van der Waals surface area contributed by atoms with Gasteiger partial charge in [-0.15, -0.1) is 0 Å². The van der Waals surface area contributed by atoms with E-state index in [0.29, 0.717) is 29.5 Å². The molecule has 0 aliphatic heterocycles. The van der Waals surface area contributed by atoms with E-state index < -0.39 is 28.5 Å². The number of anilines is 1. The zero-order valence-electron chi connectivity index (χ0n) is 26.1. The zero-order chi connectivity index (χ0) is 32.4. The summed E-state index contributed by atoms with van der Waals surface area (Å²) in [6.45, 7) is 3.46. The van der Waals surface area contributed by atoms with Gasteiger partial charge in [0.25, 0.3) is 10.0 Å². The Balaban J connectivity index is 1.75. The summed E-state index contributed by atoms with van der Waals surface area (Å²) in [7, 11) is -2.71. The first kappa shape index (κ1) is 34.1. The van der Waals surface area contributed by atoms with Gasteiger partial charge in [0.05, 0.1) is 24.3 Å². The number of ether oxygens (including phenoxy) is 2. The summed E-state index contributed by atoms with van der Waals surface area (Å²) >= 11 is 6.06. The number of carbonyl (C=O) groups excluding carboxylic acids is 2. The number of para-hydroxylation sites is 2. The second-order valence-corrected chi connectivity index (χ2v) is 13.3. The summed E-state index contributed by atoms with van der Waals surface area (Å²) in [6, 6.07) is 19.0. The largest absolute Gasteiger partial charge is 0.497 e. The van der Waals surface area contributed by atoms with E-state index in [9.17, 15) is 18.0 Å². The Kier molecular flexibility index (Phi) is 12.1. The van der Waals surface area contributed by atoms with Crippen molar-refractivity contribution in [2.75, 3.05) is 24.6 Å². The molecule has 1 saturated carbocycles. The van der Waals surface area contributed by atoms with Crippen LogP contribution in [0.25, 0.3) is 0 Å². The van der Waals surface area contributed by atoms with E-state index in [4.69, 9.17) is 21.1 Å². The van der Waals surface area contributed by atoms with Gasteiger partial charge in [0.2, 0.25) is 11.8 Å². The molecule has 0 unspecified atom stereocenters. The van der Waals surface area contributed by atoms with Crippen molar-refractivity contribution in [2.24, 2.45) is 0 Å². The van der Waals surface area contributed by atoms with Crippen LogP contribution in [-0.2, 0) is 26.2 Å². The molecule has 0 aromatic heterocycles. The maximum absolute atomic E-state index is 14.4. The molecule has 3 aromatic rings. The number of methoxy groups -OCH3 is 1. The van der Waals surface area contributed by atoms with Crippen LogP contribution in [0.5, 0.6) is 11.5 Å². The molecular weight excluding hydrogens is 614 g/mol. The summed E-state index contributed by atoms with van der Waals surface area (Å²) in [5.74, 6) is 0.138. The maximum atomic E-state index is 14.4. The molecule has 1 atom stereocenters. The van der Waals surface area contributed by atoms with Crippen LogP contribution < -0.4 is 19.1 Å². The van der Waals surface area contributed by atoms with Gasteiger partial charge in [-0.2, -0.15) is 0 Å². The number of sulfonamides is 1. The predicted octanol–water partition coefficient (Wildman–Crippen LogP) is 6.20. The Morgan fingerprint density at radius 2 is 1.69 bits per heavy atom. The Bertz CT molecular complexity index is 1540. The monoisotopic (exact) mass is 655 g/mol. The first-order valence-electron chi connectivity index (χ1n) is 15.4. The van der Waals surface area contributed by atoms with Crippen LogP contribution in [0.1, 0.15) is 57.9 Å². The maximum Gasteiger partial charge on any atom is 0.264 e. The fourth-order valence-electron chi connectivity index (χ4n) is 5.62. The second-order valence-electron chi connectivity index (χ2n) is 11.0. The molecule has 0 saturated heterocycles. The van der Waals surface area contributed by atoms with Gasteiger partial charge in [0.1, 0.15) is 24.1 Å². The molecule has 1 aliphatic rings. The molecule has 4 rings (SSSR count). The third kappa shape index (κ3) is 8.70. The van der Waals surface area contributed by atoms with Crippen molar-refractivity contribution in [2.45, 2.75) is 75.9 Å². The van der Waals surface area contributed by atoms with E-state index in [0.717, 1.165) is 42.0 Å². The predicted molar refractivity (Wildman–Crippen MR) is 176 cm³/mol. The summed E-state index contributed by atoms with van der Waals surface area (Å²) in [5, 5.41) is 3.54. The van der Waals surface area contributed by atoms with E-state index in [1.807, 2.05) is 19.1 Å². The minimum absolute atomic E-state index is 0.0348. The van der Waals surface area contributed by atoms with Crippen molar-refractivity contribution in [3.63, 3.8) is 0 Å². The molecule has 3 aromatic carbocycles. The van der Waals surface area contributed by atoms with Crippen molar-refractivity contribution in [3.8, 4) is 11.5 Å². The van der Waals surface area contributed by atoms with Crippen molar-refractivity contribution in [1.82, 2.24) is 10.2 Å². The van der Waals surface area contributed by atoms with Crippen LogP contribution in [-0.4, -0.2) is 57.5 Å². The smallest absolute Gasteiger partial charge is 0.264 e. The lowest BCUT2D eigenvalue weighted by Gasteiger charge is -2.34. The van der Waals surface area contributed by atoms with Gasteiger partial charge in [0, 0.05) is 17.6 Å². The first-order chi connectivity index (χ1) is 21.7. The molecule has 1 aliphatic carbocycles. The second kappa shape index (κ2) is 16.0. The molecule has 0 radical (unpaired) electrons. The Morgan fingerprint density at radius 3 is 2.36 bits per heavy atom. The minimum atomic E-state index is -4.27. The number of hydrogen-bond acceptors (Lipinski definition) is 6. The van der Waals surface area contributed by atoms with Crippen LogP contribution in [0.2, 0.25) is 5.02 Å². The normalized spacial score (nSPS) is 14.3. The number of halogens is 1. The highest BCUT2D eigenvalue weighted by Gasteiger charge is 2.35. The molecule has 0 heterocycles. The van der Waals surface area contributed by atoms with Gasteiger partial charge in [0.15, 0.2) is 0 Å². The minimum Gasteiger partial charge on any atom is -0.497 e. The van der Waals surface area contributed by atoms with Crippen molar-refractivity contribution >= 4 is 39.1 Å². The van der Waals surface area contributed by atoms with E-state index in [-0.39, 0.29) is 29.1 Å². The highest BCUT2D eigenvalue weighted by Crippen LogP contribution is 2.33. The average Bonchev–Trinajstić information content (AvgIpc) is 3.04. The highest BCUT2D eigenvalue weighted by molar-refractivity contribution is 7.92. The number of hydrogen-bond donors (Lipinski definition) is 1. The number of benzene rings is 3. The fourth-order valence-corrected chi connectivity index (χ4v) is 7.17. The van der Waals surface area contributed by atoms with Gasteiger partial charge >= 0.3 is 0 Å². The van der Waals surface area contributed by atoms with E-state index in [1.165, 1.54) is 29.2 Å². The standard InChI is InChI=1S/C34H42ClN3O6S/c1-4-30(34(40)36-27-13-7-6-8-14-27)37(23-25-12-11-15-28(22-25)43-3)33(39)24-38(31-16-9-10-17-32(31)44-5-2)45(41,42)29-20-18-26(35)19-21-29/h9-12,15-22,27,30H,4-8,13-14,23-24H2,1-3H3,(H,36,40)/t30-/m1/s1. The topological polar surface area (TPSA) is 105 Å². The van der Waals surface area contributed by atoms with Gasteiger partial charge in [-0.05, 0) is 80.3 Å². The summed E-state index contributed by atoms with van der Waals surface area (Å²) < 4.78 is 40.6. The Labute approximate surface area is 271 Å². The van der Waals surface area contributed by atoms with Crippen LogP contribution in [0.15, 0.2) is 77.7 Å². The summed E-state index contributed by atoms with van der Waals surface area (Å²) in [5.41, 5.74) is 0.956.